The van der Waals surface area contributed by atoms with Crippen LogP contribution in [-0.2, 0) is 0 Å². The quantitative estimate of drug-likeness (QED) is 0.775. The van der Waals surface area contributed by atoms with Crippen molar-refractivity contribution in [1.82, 2.24) is 0 Å². The molecule has 0 aliphatic carbocycles. The minimum Gasteiger partial charge on any atom is -0.508 e. The van der Waals surface area contributed by atoms with Crippen LogP contribution in [0, 0.1) is 13.8 Å². The Morgan fingerprint density at radius 2 is 1.77 bits per heavy atom. The first-order chi connectivity index (χ1) is 6.15. The van der Waals surface area contributed by atoms with Gasteiger partial charge in [-0.05, 0) is 43.5 Å². The highest BCUT2D eigenvalue weighted by molar-refractivity contribution is 5.45. The summed E-state index contributed by atoms with van der Waals surface area (Å²) in [5, 5.41) is 9.29. The number of phenols is 1. The number of aryl methyl sites for hydroxylation is 2. The van der Waals surface area contributed by atoms with Crippen molar-refractivity contribution in [3.8, 4) is 11.5 Å². The van der Waals surface area contributed by atoms with Crippen LogP contribution in [0.5, 0.6) is 11.5 Å². The van der Waals surface area contributed by atoms with Crippen molar-refractivity contribution >= 4 is 0 Å². The van der Waals surface area contributed by atoms with Crippen molar-refractivity contribution < 1.29 is 9.84 Å². The Balaban J connectivity index is 2.92. The highest BCUT2D eigenvalue weighted by atomic mass is 16.5. The smallest absolute Gasteiger partial charge is 0.125 e. The topological polar surface area (TPSA) is 29.5 Å². The van der Waals surface area contributed by atoms with E-state index < -0.39 is 0 Å². The van der Waals surface area contributed by atoms with E-state index in [1.807, 2.05) is 13.8 Å². The van der Waals surface area contributed by atoms with Gasteiger partial charge in [0.05, 0.1) is 6.61 Å². The van der Waals surface area contributed by atoms with E-state index in [-0.39, 0.29) is 0 Å². The fraction of sp³-hybridized carbons (Fsp3) is 0.455. The average Bonchev–Trinajstić information content (AvgIpc) is 2.02. The monoisotopic (exact) mass is 180 g/mol. The third-order valence-corrected chi connectivity index (χ3v) is 1.90. The standard InChI is InChI=1S/C11H16O2/c1-4-5-13-11-8(2)6-10(12)7-9(11)3/h6-7,12H,4-5H2,1-3H3. The maximum absolute atomic E-state index is 9.29. The molecule has 0 heterocycles. The molecule has 0 saturated heterocycles. The molecule has 0 fully saturated rings. The van der Waals surface area contributed by atoms with Crippen LogP contribution in [0.2, 0.25) is 0 Å². The lowest BCUT2D eigenvalue weighted by molar-refractivity contribution is 0.312. The second kappa shape index (κ2) is 4.17. The van der Waals surface area contributed by atoms with Crippen molar-refractivity contribution in [3.63, 3.8) is 0 Å². The molecule has 0 aromatic heterocycles. The van der Waals surface area contributed by atoms with Crippen LogP contribution >= 0.6 is 0 Å². The SMILES string of the molecule is CCCOc1c(C)cc(O)cc1C. The lowest BCUT2D eigenvalue weighted by Crippen LogP contribution is -1.98. The lowest BCUT2D eigenvalue weighted by Gasteiger charge is -2.11. The van der Waals surface area contributed by atoms with Gasteiger partial charge in [-0.25, -0.2) is 0 Å². The van der Waals surface area contributed by atoms with Crippen LogP contribution in [0.25, 0.3) is 0 Å². The van der Waals surface area contributed by atoms with Crippen LogP contribution in [-0.4, -0.2) is 11.7 Å². The number of hydrogen-bond donors (Lipinski definition) is 1. The maximum Gasteiger partial charge on any atom is 0.125 e. The summed E-state index contributed by atoms with van der Waals surface area (Å²) in [6, 6.07) is 3.44. The number of phenolic OH excluding ortho intramolecular Hbond substituents is 1. The molecule has 2 nitrogen and oxygen atoms in total. The van der Waals surface area contributed by atoms with Crippen molar-refractivity contribution in [1.29, 1.82) is 0 Å². The Labute approximate surface area is 79.2 Å². The van der Waals surface area contributed by atoms with Gasteiger partial charge in [0.2, 0.25) is 0 Å². The van der Waals surface area contributed by atoms with E-state index in [2.05, 4.69) is 6.92 Å². The highest BCUT2D eigenvalue weighted by Gasteiger charge is 2.04. The molecule has 1 aromatic rings. The molecule has 0 bridgehead atoms. The zero-order valence-corrected chi connectivity index (χ0v) is 8.42. The number of rotatable bonds is 3. The molecule has 1 rings (SSSR count). The zero-order chi connectivity index (χ0) is 9.84. The molecular weight excluding hydrogens is 164 g/mol. The van der Waals surface area contributed by atoms with Gasteiger partial charge in [-0.1, -0.05) is 6.92 Å². The molecule has 2 heteroatoms. The Morgan fingerprint density at radius 3 is 2.23 bits per heavy atom. The van der Waals surface area contributed by atoms with Gasteiger partial charge in [0, 0.05) is 0 Å². The molecule has 72 valence electrons. The Bertz CT molecular complexity index is 269. The Morgan fingerprint density at radius 1 is 1.23 bits per heavy atom. The van der Waals surface area contributed by atoms with Crippen molar-refractivity contribution in [2.24, 2.45) is 0 Å². The number of benzene rings is 1. The highest BCUT2D eigenvalue weighted by Crippen LogP contribution is 2.27. The molecule has 0 saturated carbocycles. The molecule has 0 aliphatic rings. The first kappa shape index (κ1) is 9.90. The molecule has 0 unspecified atom stereocenters. The van der Waals surface area contributed by atoms with Crippen LogP contribution in [0.15, 0.2) is 12.1 Å². The summed E-state index contributed by atoms with van der Waals surface area (Å²) in [7, 11) is 0. The summed E-state index contributed by atoms with van der Waals surface area (Å²) < 4.78 is 5.56. The first-order valence-corrected chi connectivity index (χ1v) is 4.58. The van der Waals surface area contributed by atoms with E-state index in [0.29, 0.717) is 5.75 Å². The van der Waals surface area contributed by atoms with Crippen LogP contribution in [0.4, 0.5) is 0 Å². The molecule has 1 aromatic carbocycles. The minimum absolute atomic E-state index is 0.304. The van der Waals surface area contributed by atoms with E-state index >= 15 is 0 Å². The van der Waals surface area contributed by atoms with Crippen molar-refractivity contribution in [2.75, 3.05) is 6.61 Å². The molecule has 0 aliphatic heterocycles. The van der Waals surface area contributed by atoms with Crippen molar-refractivity contribution in [2.45, 2.75) is 27.2 Å². The van der Waals surface area contributed by atoms with Gasteiger partial charge in [-0.15, -0.1) is 0 Å². The van der Waals surface area contributed by atoms with Crippen LogP contribution < -0.4 is 4.74 Å². The van der Waals surface area contributed by atoms with Gasteiger partial charge in [-0.2, -0.15) is 0 Å². The lowest BCUT2D eigenvalue weighted by atomic mass is 10.1. The molecule has 0 radical (unpaired) electrons. The third kappa shape index (κ3) is 2.38. The van der Waals surface area contributed by atoms with Gasteiger partial charge < -0.3 is 9.84 Å². The van der Waals surface area contributed by atoms with E-state index in [4.69, 9.17) is 4.74 Å². The maximum atomic E-state index is 9.29. The summed E-state index contributed by atoms with van der Waals surface area (Å²) in [6.45, 7) is 6.69. The van der Waals surface area contributed by atoms with E-state index in [1.54, 1.807) is 12.1 Å². The van der Waals surface area contributed by atoms with Gasteiger partial charge >= 0.3 is 0 Å². The Kier molecular flexibility index (Phi) is 3.18. The second-order valence-electron chi connectivity index (χ2n) is 3.26. The Hall–Kier alpha value is -1.18. The number of aromatic hydroxyl groups is 1. The summed E-state index contributed by atoms with van der Waals surface area (Å²) in [4.78, 5) is 0. The van der Waals surface area contributed by atoms with Crippen LogP contribution in [0.3, 0.4) is 0 Å². The molecule has 13 heavy (non-hydrogen) atoms. The van der Waals surface area contributed by atoms with E-state index in [1.165, 1.54) is 0 Å². The molecule has 0 atom stereocenters. The van der Waals surface area contributed by atoms with Gasteiger partial charge in [0.1, 0.15) is 11.5 Å². The van der Waals surface area contributed by atoms with Crippen LogP contribution in [0.1, 0.15) is 24.5 Å². The molecule has 1 N–H and O–H groups in total. The second-order valence-corrected chi connectivity index (χ2v) is 3.26. The van der Waals surface area contributed by atoms with E-state index in [9.17, 15) is 5.11 Å². The average molecular weight is 180 g/mol. The predicted molar refractivity (Wildman–Crippen MR) is 53.4 cm³/mol. The number of hydrogen-bond acceptors (Lipinski definition) is 2. The zero-order valence-electron chi connectivity index (χ0n) is 8.42. The first-order valence-electron chi connectivity index (χ1n) is 4.58. The fourth-order valence-electron chi connectivity index (χ4n) is 1.36. The van der Waals surface area contributed by atoms with Gasteiger partial charge in [-0.3, -0.25) is 0 Å². The molecule has 0 amide bonds. The fourth-order valence-corrected chi connectivity index (χ4v) is 1.36. The van der Waals surface area contributed by atoms with Gasteiger partial charge in [0.15, 0.2) is 0 Å². The van der Waals surface area contributed by atoms with Gasteiger partial charge in [0.25, 0.3) is 0 Å². The third-order valence-electron chi connectivity index (χ3n) is 1.90. The summed E-state index contributed by atoms with van der Waals surface area (Å²) >= 11 is 0. The predicted octanol–water partition coefficient (Wildman–Crippen LogP) is 2.80. The number of ether oxygens (including phenoxy) is 1. The summed E-state index contributed by atoms with van der Waals surface area (Å²) in [5.41, 5.74) is 1.98. The molecular formula is C11H16O2. The normalized spacial score (nSPS) is 10.1. The minimum atomic E-state index is 0.304. The largest absolute Gasteiger partial charge is 0.508 e. The summed E-state index contributed by atoms with van der Waals surface area (Å²) in [5.74, 6) is 1.21. The van der Waals surface area contributed by atoms with E-state index in [0.717, 1.165) is 29.9 Å². The van der Waals surface area contributed by atoms with Crippen molar-refractivity contribution in [3.05, 3.63) is 23.3 Å². The molecule has 0 spiro atoms. The summed E-state index contributed by atoms with van der Waals surface area (Å²) in [6.07, 6.45) is 1.000.